The van der Waals surface area contributed by atoms with Crippen molar-refractivity contribution in [2.45, 2.75) is 6.61 Å². The van der Waals surface area contributed by atoms with Crippen LogP contribution in [0, 0.1) is 0 Å². The van der Waals surface area contributed by atoms with Crippen molar-refractivity contribution in [1.82, 2.24) is 19.7 Å². The predicted octanol–water partition coefficient (Wildman–Crippen LogP) is 1.15. The van der Waals surface area contributed by atoms with Crippen molar-refractivity contribution in [3.63, 3.8) is 0 Å². The highest BCUT2D eigenvalue weighted by molar-refractivity contribution is 6.31. The first-order valence-electron chi connectivity index (χ1n) is 4.48. The van der Waals surface area contributed by atoms with Crippen LogP contribution < -0.4 is 4.74 Å². The van der Waals surface area contributed by atoms with Crippen LogP contribution in [0.1, 0.15) is 5.56 Å². The number of hydrogen-bond acceptors (Lipinski definition) is 5. The molecule has 0 aliphatic heterocycles. The Bertz CT molecular complexity index is 500. The van der Waals surface area contributed by atoms with Crippen molar-refractivity contribution in [1.29, 1.82) is 0 Å². The van der Waals surface area contributed by atoms with Gasteiger partial charge in [-0.15, -0.1) is 5.10 Å². The summed E-state index contributed by atoms with van der Waals surface area (Å²) < 4.78 is 6.78. The summed E-state index contributed by atoms with van der Waals surface area (Å²) in [6.07, 6.45) is 2.92. The SMILES string of the molecule is Cn1cnc(Oc2cc(CO)c(Cl)cn2)n1. The van der Waals surface area contributed by atoms with Crippen LogP contribution in [0.5, 0.6) is 11.9 Å². The highest BCUT2D eigenvalue weighted by Gasteiger charge is 2.06. The number of hydrogen-bond donors (Lipinski definition) is 1. The maximum atomic E-state index is 9.01. The number of rotatable bonds is 3. The summed E-state index contributed by atoms with van der Waals surface area (Å²) in [6.45, 7) is -0.173. The summed E-state index contributed by atoms with van der Waals surface area (Å²) in [4.78, 5) is 7.82. The third kappa shape index (κ3) is 2.29. The molecule has 0 bridgehead atoms. The van der Waals surface area contributed by atoms with E-state index in [1.807, 2.05) is 0 Å². The van der Waals surface area contributed by atoms with Crippen molar-refractivity contribution in [3.8, 4) is 11.9 Å². The van der Waals surface area contributed by atoms with Crippen molar-refractivity contribution in [2.75, 3.05) is 0 Å². The molecule has 0 amide bonds. The lowest BCUT2D eigenvalue weighted by atomic mass is 10.3. The van der Waals surface area contributed by atoms with Gasteiger partial charge in [-0.1, -0.05) is 11.6 Å². The lowest BCUT2D eigenvalue weighted by Gasteiger charge is -2.03. The van der Waals surface area contributed by atoms with Gasteiger partial charge in [0.15, 0.2) is 0 Å². The maximum Gasteiger partial charge on any atom is 0.342 e. The minimum Gasteiger partial charge on any atom is -0.404 e. The van der Waals surface area contributed by atoms with E-state index in [0.717, 1.165) is 0 Å². The van der Waals surface area contributed by atoms with Gasteiger partial charge >= 0.3 is 6.01 Å². The van der Waals surface area contributed by atoms with Crippen molar-refractivity contribution in [2.24, 2.45) is 7.05 Å². The Morgan fingerprint density at radius 2 is 2.31 bits per heavy atom. The Balaban J connectivity index is 2.21. The third-order valence-electron chi connectivity index (χ3n) is 1.85. The Morgan fingerprint density at radius 1 is 1.50 bits per heavy atom. The summed E-state index contributed by atoms with van der Waals surface area (Å²) in [5, 5.41) is 13.3. The maximum absolute atomic E-state index is 9.01. The van der Waals surface area contributed by atoms with Crippen LogP contribution in [-0.2, 0) is 13.7 Å². The van der Waals surface area contributed by atoms with E-state index in [1.165, 1.54) is 17.2 Å². The fraction of sp³-hybridized carbons (Fsp3) is 0.222. The van der Waals surface area contributed by atoms with Gasteiger partial charge < -0.3 is 9.84 Å². The lowest BCUT2D eigenvalue weighted by molar-refractivity contribution is 0.281. The number of aliphatic hydroxyl groups excluding tert-OH is 1. The molecule has 0 saturated carbocycles. The molecular weight excluding hydrogens is 232 g/mol. The molecule has 0 aliphatic rings. The molecule has 0 aliphatic carbocycles. The fourth-order valence-electron chi connectivity index (χ4n) is 1.10. The molecule has 6 nitrogen and oxygen atoms in total. The highest BCUT2D eigenvalue weighted by Crippen LogP contribution is 2.21. The molecule has 0 radical (unpaired) electrons. The van der Waals surface area contributed by atoms with Crippen LogP contribution in [-0.4, -0.2) is 24.9 Å². The first kappa shape index (κ1) is 10.8. The summed E-state index contributed by atoms with van der Waals surface area (Å²) in [7, 11) is 1.73. The molecule has 7 heteroatoms. The van der Waals surface area contributed by atoms with Gasteiger partial charge in [0, 0.05) is 24.9 Å². The smallest absolute Gasteiger partial charge is 0.342 e. The van der Waals surface area contributed by atoms with E-state index in [0.29, 0.717) is 16.5 Å². The summed E-state index contributed by atoms with van der Waals surface area (Å²) >= 11 is 5.79. The molecule has 16 heavy (non-hydrogen) atoms. The van der Waals surface area contributed by atoms with Gasteiger partial charge in [-0.2, -0.15) is 4.98 Å². The fourth-order valence-corrected chi connectivity index (χ4v) is 1.26. The second-order valence-corrected chi connectivity index (χ2v) is 3.48. The normalized spacial score (nSPS) is 10.4. The molecule has 84 valence electrons. The van der Waals surface area contributed by atoms with Gasteiger partial charge in [-0.25, -0.2) is 4.98 Å². The molecular formula is C9H9ClN4O2. The molecule has 0 aromatic carbocycles. The quantitative estimate of drug-likeness (QED) is 0.871. The molecule has 0 spiro atoms. The number of aryl methyl sites for hydroxylation is 1. The average Bonchev–Trinajstić information content (AvgIpc) is 2.67. The van der Waals surface area contributed by atoms with Gasteiger partial charge in [0.2, 0.25) is 5.88 Å². The zero-order valence-electron chi connectivity index (χ0n) is 8.46. The zero-order valence-corrected chi connectivity index (χ0v) is 9.22. The molecule has 0 fully saturated rings. The van der Waals surface area contributed by atoms with E-state index in [2.05, 4.69) is 15.1 Å². The van der Waals surface area contributed by atoms with E-state index < -0.39 is 0 Å². The number of halogens is 1. The Kier molecular flexibility index (Phi) is 3.02. The van der Waals surface area contributed by atoms with E-state index in [4.69, 9.17) is 21.4 Å². The molecule has 2 rings (SSSR count). The number of ether oxygens (including phenoxy) is 1. The van der Waals surface area contributed by atoms with Crippen LogP contribution in [0.15, 0.2) is 18.6 Å². The van der Waals surface area contributed by atoms with Crippen molar-refractivity contribution < 1.29 is 9.84 Å². The van der Waals surface area contributed by atoms with Crippen LogP contribution in [0.2, 0.25) is 5.02 Å². The van der Waals surface area contributed by atoms with E-state index >= 15 is 0 Å². The number of aromatic nitrogens is 4. The second-order valence-electron chi connectivity index (χ2n) is 3.07. The van der Waals surface area contributed by atoms with Crippen LogP contribution >= 0.6 is 11.6 Å². The monoisotopic (exact) mass is 240 g/mol. The van der Waals surface area contributed by atoms with E-state index in [1.54, 1.807) is 13.1 Å². The molecule has 0 unspecified atom stereocenters. The first-order chi connectivity index (χ1) is 7.69. The Labute approximate surface area is 96.5 Å². The number of nitrogens with zero attached hydrogens (tertiary/aromatic N) is 4. The van der Waals surface area contributed by atoms with Gasteiger partial charge in [0.05, 0.1) is 11.6 Å². The molecule has 2 heterocycles. The van der Waals surface area contributed by atoms with Gasteiger partial charge in [0.1, 0.15) is 6.33 Å². The van der Waals surface area contributed by atoms with Gasteiger partial charge in [0.25, 0.3) is 0 Å². The molecule has 0 atom stereocenters. The molecule has 0 saturated heterocycles. The lowest BCUT2D eigenvalue weighted by Crippen LogP contribution is -1.94. The molecule has 2 aromatic rings. The first-order valence-corrected chi connectivity index (χ1v) is 4.85. The summed E-state index contributed by atoms with van der Waals surface area (Å²) in [5.41, 5.74) is 0.544. The Hall–Kier alpha value is -1.66. The minimum atomic E-state index is -0.173. The summed E-state index contributed by atoms with van der Waals surface area (Å²) in [5.74, 6) is 0.291. The third-order valence-corrected chi connectivity index (χ3v) is 2.19. The topological polar surface area (TPSA) is 73.1 Å². The van der Waals surface area contributed by atoms with E-state index in [-0.39, 0.29) is 12.6 Å². The van der Waals surface area contributed by atoms with Gasteiger partial charge in [-0.05, 0) is 0 Å². The zero-order chi connectivity index (χ0) is 11.5. The van der Waals surface area contributed by atoms with E-state index in [9.17, 15) is 0 Å². The van der Waals surface area contributed by atoms with Crippen LogP contribution in [0.3, 0.4) is 0 Å². The molecule has 2 aromatic heterocycles. The van der Waals surface area contributed by atoms with Crippen LogP contribution in [0.25, 0.3) is 0 Å². The van der Waals surface area contributed by atoms with Crippen molar-refractivity contribution in [3.05, 3.63) is 29.2 Å². The standard InChI is InChI=1S/C9H9ClN4O2/c1-14-5-12-9(13-14)16-8-2-6(4-15)7(10)3-11-8/h2-3,5,15H,4H2,1H3. The second kappa shape index (κ2) is 4.46. The van der Waals surface area contributed by atoms with Gasteiger partial charge in [-0.3, -0.25) is 4.68 Å². The number of aliphatic hydroxyl groups is 1. The molecule has 1 N–H and O–H groups in total. The predicted molar refractivity (Wildman–Crippen MR) is 56.2 cm³/mol. The highest BCUT2D eigenvalue weighted by atomic mass is 35.5. The average molecular weight is 241 g/mol. The van der Waals surface area contributed by atoms with Crippen molar-refractivity contribution >= 4 is 11.6 Å². The number of pyridine rings is 1. The minimum absolute atomic E-state index is 0.173. The Morgan fingerprint density at radius 3 is 2.94 bits per heavy atom. The summed E-state index contributed by atoms with van der Waals surface area (Å²) in [6, 6.07) is 1.74. The largest absolute Gasteiger partial charge is 0.404 e. The van der Waals surface area contributed by atoms with Crippen LogP contribution in [0.4, 0.5) is 0 Å².